The van der Waals surface area contributed by atoms with Crippen molar-refractivity contribution in [2.75, 3.05) is 11.9 Å². The summed E-state index contributed by atoms with van der Waals surface area (Å²) in [6, 6.07) is 6.70. The Kier molecular flexibility index (Phi) is 3.22. The Balaban J connectivity index is 2.32. The fourth-order valence-electron chi connectivity index (χ4n) is 3.17. The van der Waals surface area contributed by atoms with Gasteiger partial charge in [-0.25, -0.2) is 0 Å². The maximum atomic E-state index is 3.59. The van der Waals surface area contributed by atoms with Crippen LogP contribution in [0.2, 0.25) is 0 Å². The van der Waals surface area contributed by atoms with Gasteiger partial charge in [-0.05, 0) is 29.9 Å². The fourth-order valence-corrected chi connectivity index (χ4v) is 3.17. The SMILES string of the molecule is CCC(C(C)C)C1CNc2c(C)cccc21. The standard InChI is InChI=1S/C15H23N/c1-5-12(10(2)3)14-9-16-15-11(4)7-6-8-13(14)15/h6-8,10,12,14,16H,5,9H2,1-4H3. The van der Waals surface area contributed by atoms with Crippen LogP contribution >= 0.6 is 0 Å². The molecule has 0 saturated heterocycles. The quantitative estimate of drug-likeness (QED) is 0.800. The fraction of sp³-hybridized carbons (Fsp3) is 0.600. The van der Waals surface area contributed by atoms with Crippen LogP contribution in [0.15, 0.2) is 18.2 Å². The molecule has 88 valence electrons. The topological polar surface area (TPSA) is 12.0 Å². The minimum Gasteiger partial charge on any atom is -0.384 e. The average molecular weight is 217 g/mol. The highest BCUT2D eigenvalue weighted by Crippen LogP contribution is 2.41. The second-order valence-electron chi connectivity index (χ2n) is 5.34. The second kappa shape index (κ2) is 4.48. The monoisotopic (exact) mass is 217 g/mol. The van der Waals surface area contributed by atoms with Crippen molar-refractivity contribution in [1.82, 2.24) is 0 Å². The van der Waals surface area contributed by atoms with Crippen molar-refractivity contribution < 1.29 is 0 Å². The third-order valence-electron chi connectivity index (χ3n) is 4.05. The lowest BCUT2D eigenvalue weighted by molar-refractivity contribution is 0.321. The molecule has 0 bridgehead atoms. The van der Waals surface area contributed by atoms with E-state index in [4.69, 9.17) is 0 Å². The molecule has 0 amide bonds. The molecule has 0 aromatic heterocycles. The van der Waals surface area contributed by atoms with Crippen molar-refractivity contribution in [2.45, 2.75) is 40.0 Å². The van der Waals surface area contributed by atoms with E-state index >= 15 is 0 Å². The molecule has 2 unspecified atom stereocenters. The lowest BCUT2D eigenvalue weighted by Crippen LogP contribution is -2.19. The van der Waals surface area contributed by atoms with Gasteiger partial charge in [-0.2, -0.15) is 0 Å². The molecule has 2 atom stereocenters. The minimum absolute atomic E-state index is 0.708. The summed E-state index contributed by atoms with van der Waals surface area (Å²) in [4.78, 5) is 0. The lowest BCUT2D eigenvalue weighted by Gasteiger charge is -2.26. The van der Waals surface area contributed by atoms with Crippen LogP contribution in [0.4, 0.5) is 5.69 Å². The molecule has 1 heteroatoms. The Morgan fingerprint density at radius 3 is 2.75 bits per heavy atom. The molecule has 0 fully saturated rings. The summed E-state index contributed by atoms with van der Waals surface area (Å²) < 4.78 is 0. The van der Waals surface area contributed by atoms with E-state index in [1.54, 1.807) is 5.56 Å². The normalized spacial score (nSPS) is 20.7. The summed E-state index contributed by atoms with van der Waals surface area (Å²) in [5.41, 5.74) is 4.32. The molecular formula is C15H23N. The molecule has 1 aromatic rings. The van der Waals surface area contributed by atoms with Gasteiger partial charge in [-0.15, -0.1) is 0 Å². The minimum atomic E-state index is 0.708. The third-order valence-corrected chi connectivity index (χ3v) is 4.05. The Labute approximate surface area is 99.3 Å². The second-order valence-corrected chi connectivity index (χ2v) is 5.34. The molecule has 1 aliphatic heterocycles. The van der Waals surface area contributed by atoms with E-state index < -0.39 is 0 Å². The third kappa shape index (κ3) is 1.83. The van der Waals surface area contributed by atoms with E-state index in [9.17, 15) is 0 Å². The van der Waals surface area contributed by atoms with Crippen LogP contribution in [-0.2, 0) is 0 Å². The molecule has 16 heavy (non-hydrogen) atoms. The summed E-state index contributed by atoms with van der Waals surface area (Å²) in [5, 5.41) is 3.59. The van der Waals surface area contributed by atoms with Crippen LogP contribution in [-0.4, -0.2) is 6.54 Å². The predicted octanol–water partition coefficient (Wildman–Crippen LogP) is 4.19. The van der Waals surface area contributed by atoms with Crippen LogP contribution in [0.1, 0.15) is 44.2 Å². The number of anilines is 1. The van der Waals surface area contributed by atoms with Gasteiger partial charge in [-0.1, -0.05) is 45.4 Å². The van der Waals surface area contributed by atoms with Crippen molar-refractivity contribution >= 4 is 5.69 Å². The molecule has 0 aliphatic carbocycles. The molecule has 0 radical (unpaired) electrons. The van der Waals surface area contributed by atoms with Crippen LogP contribution in [0, 0.1) is 18.8 Å². The van der Waals surface area contributed by atoms with Crippen molar-refractivity contribution in [3.05, 3.63) is 29.3 Å². The van der Waals surface area contributed by atoms with E-state index in [1.807, 2.05) is 0 Å². The van der Waals surface area contributed by atoms with Crippen molar-refractivity contribution in [1.29, 1.82) is 0 Å². The molecule has 1 N–H and O–H groups in total. The van der Waals surface area contributed by atoms with Crippen LogP contribution in [0.3, 0.4) is 0 Å². The maximum absolute atomic E-state index is 3.59. The van der Waals surface area contributed by atoms with E-state index in [0.717, 1.165) is 18.4 Å². The summed E-state index contributed by atoms with van der Waals surface area (Å²) in [6.45, 7) is 10.3. The van der Waals surface area contributed by atoms with Crippen molar-refractivity contribution in [3.8, 4) is 0 Å². The first-order valence-corrected chi connectivity index (χ1v) is 6.48. The molecule has 1 heterocycles. The zero-order valence-electron chi connectivity index (χ0n) is 10.9. The molecule has 1 aromatic carbocycles. The summed E-state index contributed by atoms with van der Waals surface area (Å²) in [5.74, 6) is 2.28. The first kappa shape index (κ1) is 11.5. The zero-order valence-corrected chi connectivity index (χ0v) is 10.9. The Morgan fingerprint density at radius 2 is 2.12 bits per heavy atom. The number of para-hydroxylation sites is 1. The van der Waals surface area contributed by atoms with E-state index in [-0.39, 0.29) is 0 Å². The molecule has 0 spiro atoms. The van der Waals surface area contributed by atoms with Gasteiger partial charge in [0, 0.05) is 18.2 Å². The number of nitrogens with one attached hydrogen (secondary N) is 1. The van der Waals surface area contributed by atoms with E-state index in [0.29, 0.717) is 5.92 Å². The van der Waals surface area contributed by atoms with E-state index in [1.165, 1.54) is 17.7 Å². The predicted molar refractivity (Wildman–Crippen MR) is 71.0 cm³/mol. The smallest absolute Gasteiger partial charge is 0.0406 e. The number of hydrogen-bond acceptors (Lipinski definition) is 1. The van der Waals surface area contributed by atoms with Gasteiger partial charge < -0.3 is 5.32 Å². The Bertz CT molecular complexity index is 368. The Hall–Kier alpha value is -0.980. The summed E-state index contributed by atoms with van der Waals surface area (Å²) >= 11 is 0. The van der Waals surface area contributed by atoms with Gasteiger partial charge in [0.05, 0.1) is 0 Å². The van der Waals surface area contributed by atoms with Gasteiger partial charge in [-0.3, -0.25) is 0 Å². The first-order valence-electron chi connectivity index (χ1n) is 6.48. The highest BCUT2D eigenvalue weighted by atomic mass is 14.9. The number of fused-ring (bicyclic) bond motifs is 1. The number of rotatable bonds is 3. The number of aryl methyl sites for hydroxylation is 1. The maximum Gasteiger partial charge on any atom is 0.0406 e. The van der Waals surface area contributed by atoms with Gasteiger partial charge in [0.1, 0.15) is 0 Å². The molecule has 1 aliphatic rings. The molecule has 0 saturated carbocycles. The van der Waals surface area contributed by atoms with Gasteiger partial charge in [0.25, 0.3) is 0 Å². The van der Waals surface area contributed by atoms with E-state index in [2.05, 4.69) is 51.2 Å². The van der Waals surface area contributed by atoms with Crippen molar-refractivity contribution in [3.63, 3.8) is 0 Å². The van der Waals surface area contributed by atoms with Gasteiger partial charge in [0.2, 0.25) is 0 Å². The van der Waals surface area contributed by atoms with Gasteiger partial charge >= 0.3 is 0 Å². The average Bonchev–Trinajstić information content (AvgIpc) is 2.64. The Morgan fingerprint density at radius 1 is 1.38 bits per heavy atom. The number of benzene rings is 1. The van der Waals surface area contributed by atoms with Crippen LogP contribution in [0.25, 0.3) is 0 Å². The summed E-state index contributed by atoms with van der Waals surface area (Å²) in [6.07, 6.45) is 1.28. The summed E-state index contributed by atoms with van der Waals surface area (Å²) in [7, 11) is 0. The zero-order chi connectivity index (χ0) is 11.7. The molecule has 1 nitrogen and oxygen atoms in total. The largest absolute Gasteiger partial charge is 0.384 e. The molecular weight excluding hydrogens is 194 g/mol. The highest BCUT2D eigenvalue weighted by Gasteiger charge is 2.30. The first-order chi connectivity index (χ1) is 7.65. The number of hydrogen-bond donors (Lipinski definition) is 1. The van der Waals surface area contributed by atoms with Crippen molar-refractivity contribution in [2.24, 2.45) is 11.8 Å². The molecule has 2 rings (SSSR count). The highest BCUT2D eigenvalue weighted by molar-refractivity contribution is 5.62. The van der Waals surface area contributed by atoms with Crippen LogP contribution in [0.5, 0.6) is 0 Å². The lowest BCUT2D eigenvalue weighted by atomic mass is 9.78. The van der Waals surface area contributed by atoms with Gasteiger partial charge in [0.15, 0.2) is 0 Å². The van der Waals surface area contributed by atoms with Crippen LogP contribution < -0.4 is 5.32 Å².